The summed E-state index contributed by atoms with van der Waals surface area (Å²) in [4.78, 5) is 8.23. The summed E-state index contributed by atoms with van der Waals surface area (Å²) in [6.45, 7) is 2.34. The molecule has 5 nitrogen and oxygen atoms in total. The monoisotopic (exact) mass is 282 g/mol. The second kappa shape index (κ2) is 4.52. The van der Waals surface area contributed by atoms with E-state index in [0.29, 0.717) is 23.9 Å². The van der Waals surface area contributed by atoms with Gasteiger partial charge in [-0.15, -0.1) is 0 Å². The van der Waals surface area contributed by atoms with Gasteiger partial charge in [0.15, 0.2) is 0 Å². The maximum atomic E-state index is 5.59. The van der Waals surface area contributed by atoms with Crippen LogP contribution in [0.3, 0.4) is 0 Å². The molecule has 0 saturated carbocycles. The number of halogens is 1. The Morgan fingerprint density at radius 2 is 2.25 bits per heavy atom. The number of hydrogen-bond acceptors (Lipinski definition) is 5. The number of nitrogens with two attached hydrogens (primary N) is 1. The summed E-state index contributed by atoms with van der Waals surface area (Å²) in [7, 11) is 0. The molecule has 2 aromatic rings. The molecule has 0 radical (unpaired) electrons. The lowest BCUT2D eigenvalue weighted by molar-refractivity contribution is 0.479. The van der Waals surface area contributed by atoms with Gasteiger partial charge in [0.1, 0.15) is 11.6 Å². The van der Waals surface area contributed by atoms with Crippen LogP contribution in [0.15, 0.2) is 27.3 Å². The van der Waals surface area contributed by atoms with Crippen LogP contribution in [-0.2, 0) is 6.54 Å². The Morgan fingerprint density at radius 3 is 2.88 bits per heavy atom. The summed E-state index contributed by atoms with van der Waals surface area (Å²) in [5.41, 5.74) is 6.20. The second-order valence-electron chi connectivity index (χ2n) is 3.32. The van der Waals surface area contributed by atoms with Crippen LogP contribution >= 0.6 is 15.9 Å². The lowest BCUT2D eigenvalue weighted by Gasteiger charge is -2.05. The number of nitrogens with zero attached hydrogens (tertiary/aromatic N) is 2. The Morgan fingerprint density at radius 1 is 1.44 bits per heavy atom. The van der Waals surface area contributed by atoms with Gasteiger partial charge in [0.05, 0.1) is 29.1 Å². The SMILES string of the molecule is Cc1cnc(CNc2ncc(N)cc2Br)o1. The molecule has 3 N–H and O–H groups in total. The van der Waals surface area contributed by atoms with Crippen molar-refractivity contribution in [2.75, 3.05) is 11.1 Å². The molecule has 0 fully saturated rings. The van der Waals surface area contributed by atoms with Crippen LogP contribution in [0, 0.1) is 6.92 Å². The van der Waals surface area contributed by atoms with Gasteiger partial charge >= 0.3 is 0 Å². The molecule has 0 amide bonds. The van der Waals surface area contributed by atoms with E-state index < -0.39 is 0 Å². The van der Waals surface area contributed by atoms with Crippen LogP contribution < -0.4 is 11.1 Å². The lowest BCUT2D eigenvalue weighted by Crippen LogP contribution is -2.02. The number of pyridine rings is 1. The lowest BCUT2D eigenvalue weighted by atomic mass is 10.4. The van der Waals surface area contributed by atoms with Gasteiger partial charge in [-0.3, -0.25) is 0 Å². The zero-order valence-corrected chi connectivity index (χ0v) is 10.3. The largest absolute Gasteiger partial charge is 0.444 e. The summed E-state index contributed by atoms with van der Waals surface area (Å²) in [5, 5.41) is 3.10. The fourth-order valence-electron chi connectivity index (χ4n) is 1.23. The molecule has 0 unspecified atom stereocenters. The molecular formula is C10H11BrN4O. The van der Waals surface area contributed by atoms with Crippen molar-refractivity contribution in [3.8, 4) is 0 Å². The molecule has 0 atom stereocenters. The van der Waals surface area contributed by atoms with Crippen LogP contribution in [0.4, 0.5) is 11.5 Å². The third-order valence-corrected chi connectivity index (χ3v) is 2.54. The average molecular weight is 283 g/mol. The van der Waals surface area contributed by atoms with Crippen molar-refractivity contribution in [2.24, 2.45) is 0 Å². The smallest absolute Gasteiger partial charge is 0.213 e. The Kier molecular flexibility index (Phi) is 3.09. The van der Waals surface area contributed by atoms with Crippen molar-refractivity contribution in [3.63, 3.8) is 0 Å². The summed E-state index contributed by atoms with van der Waals surface area (Å²) in [5.74, 6) is 2.13. The maximum absolute atomic E-state index is 5.59. The predicted octanol–water partition coefficient (Wildman–Crippen LogP) is 2.33. The molecule has 0 aliphatic heterocycles. The Labute approximate surface area is 101 Å². The van der Waals surface area contributed by atoms with E-state index >= 15 is 0 Å². The van der Waals surface area contributed by atoms with Gasteiger partial charge in [-0.05, 0) is 28.9 Å². The minimum Gasteiger partial charge on any atom is -0.444 e. The van der Waals surface area contributed by atoms with E-state index in [-0.39, 0.29) is 0 Å². The van der Waals surface area contributed by atoms with Gasteiger partial charge < -0.3 is 15.5 Å². The average Bonchev–Trinajstić information content (AvgIpc) is 2.63. The number of rotatable bonds is 3. The van der Waals surface area contributed by atoms with Crippen molar-refractivity contribution < 1.29 is 4.42 Å². The Hall–Kier alpha value is -1.56. The van der Waals surface area contributed by atoms with E-state index in [1.165, 1.54) is 0 Å². The first-order valence-corrected chi connectivity index (χ1v) is 5.50. The van der Waals surface area contributed by atoms with Crippen LogP contribution in [0.2, 0.25) is 0 Å². The first kappa shape index (κ1) is 10.9. The second-order valence-corrected chi connectivity index (χ2v) is 4.17. The number of nitrogen functional groups attached to an aromatic ring is 1. The molecule has 6 heteroatoms. The van der Waals surface area contributed by atoms with E-state index in [2.05, 4.69) is 31.2 Å². The van der Waals surface area contributed by atoms with Crippen molar-refractivity contribution in [2.45, 2.75) is 13.5 Å². The summed E-state index contributed by atoms with van der Waals surface area (Å²) < 4.78 is 6.14. The summed E-state index contributed by atoms with van der Waals surface area (Å²) >= 11 is 3.37. The topological polar surface area (TPSA) is 77.0 Å². The highest BCUT2D eigenvalue weighted by Gasteiger charge is 2.04. The van der Waals surface area contributed by atoms with Crippen molar-refractivity contribution in [1.29, 1.82) is 0 Å². The van der Waals surface area contributed by atoms with Crippen molar-refractivity contribution >= 4 is 27.4 Å². The van der Waals surface area contributed by atoms with Gasteiger partial charge in [-0.25, -0.2) is 9.97 Å². The summed E-state index contributed by atoms with van der Waals surface area (Å²) in [6.07, 6.45) is 3.27. The van der Waals surface area contributed by atoms with E-state index in [1.54, 1.807) is 18.5 Å². The third kappa shape index (κ3) is 2.52. The minimum atomic E-state index is 0.489. The first-order chi connectivity index (χ1) is 7.65. The first-order valence-electron chi connectivity index (χ1n) is 4.71. The molecule has 0 aliphatic rings. The number of oxazole rings is 1. The van der Waals surface area contributed by atoms with E-state index in [9.17, 15) is 0 Å². The van der Waals surface area contributed by atoms with E-state index in [4.69, 9.17) is 10.2 Å². The molecule has 0 aromatic carbocycles. The number of nitrogens with one attached hydrogen (secondary N) is 1. The molecule has 0 saturated heterocycles. The van der Waals surface area contributed by atoms with Gasteiger partial charge in [-0.2, -0.15) is 0 Å². The highest BCUT2D eigenvalue weighted by atomic mass is 79.9. The van der Waals surface area contributed by atoms with Crippen LogP contribution in [0.25, 0.3) is 0 Å². The van der Waals surface area contributed by atoms with E-state index in [0.717, 1.165) is 10.2 Å². The number of anilines is 2. The fourth-order valence-corrected chi connectivity index (χ4v) is 1.73. The zero-order chi connectivity index (χ0) is 11.5. The number of hydrogen-bond donors (Lipinski definition) is 2. The van der Waals surface area contributed by atoms with Gasteiger partial charge in [0.2, 0.25) is 5.89 Å². The fraction of sp³-hybridized carbons (Fsp3) is 0.200. The highest BCUT2D eigenvalue weighted by molar-refractivity contribution is 9.10. The number of aryl methyl sites for hydroxylation is 1. The van der Waals surface area contributed by atoms with Crippen LogP contribution in [-0.4, -0.2) is 9.97 Å². The van der Waals surface area contributed by atoms with E-state index in [1.807, 2.05) is 6.92 Å². The molecule has 2 aromatic heterocycles. The van der Waals surface area contributed by atoms with Gasteiger partial charge in [-0.1, -0.05) is 0 Å². The highest BCUT2D eigenvalue weighted by Crippen LogP contribution is 2.22. The number of aromatic nitrogens is 2. The normalized spacial score (nSPS) is 10.4. The molecular weight excluding hydrogens is 272 g/mol. The molecule has 0 spiro atoms. The molecule has 16 heavy (non-hydrogen) atoms. The maximum Gasteiger partial charge on any atom is 0.213 e. The standard InChI is InChI=1S/C10H11BrN4O/c1-6-3-13-9(16-6)5-15-10-8(11)2-7(12)4-14-10/h2-4H,5,12H2,1H3,(H,14,15). The van der Waals surface area contributed by atoms with Gasteiger partial charge in [0.25, 0.3) is 0 Å². The molecule has 2 heterocycles. The predicted molar refractivity (Wildman–Crippen MR) is 64.9 cm³/mol. The Bertz CT molecular complexity index is 497. The molecule has 0 aliphatic carbocycles. The molecule has 84 valence electrons. The van der Waals surface area contributed by atoms with Crippen LogP contribution in [0.5, 0.6) is 0 Å². The van der Waals surface area contributed by atoms with Crippen molar-refractivity contribution in [1.82, 2.24) is 9.97 Å². The van der Waals surface area contributed by atoms with Crippen LogP contribution in [0.1, 0.15) is 11.7 Å². The minimum absolute atomic E-state index is 0.489. The quantitative estimate of drug-likeness (QED) is 0.904. The zero-order valence-electron chi connectivity index (χ0n) is 8.70. The molecule has 2 rings (SSSR count). The third-order valence-electron chi connectivity index (χ3n) is 1.94. The summed E-state index contributed by atoms with van der Waals surface area (Å²) in [6, 6.07) is 1.79. The molecule has 0 bridgehead atoms. The van der Waals surface area contributed by atoms with Gasteiger partial charge in [0, 0.05) is 0 Å². The Balaban J connectivity index is 2.04. The van der Waals surface area contributed by atoms with Crippen molar-refractivity contribution in [3.05, 3.63) is 34.6 Å².